The minimum absolute atomic E-state index is 0.141. The minimum atomic E-state index is -3.89. The van der Waals surface area contributed by atoms with Crippen LogP contribution in [-0.2, 0) is 22.9 Å². The molecule has 0 saturated carbocycles. The Balaban J connectivity index is 1.93. The third-order valence-electron chi connectivity index (χ3n) is 6.55. The second kappa shape index (κ2) is 13.9. The maximum absolute atomic E-state index is 14.0. The molecule has 204 valence electrons. The summed E-state index contributed by atoms with van der Waals surface area (Å²) in [5, 5.41) is 9.15. The molecular formula is C30H37NO6S. The molecule has 0 amide bonds. The van der Waals surface area contributed by atoms with Crippen molar-refractivity contribution in [3.05, 3.63) is 83.4 Å². The van der Waals surface area contributed by atoms with Gasteiger partial charge in [0.05, 0.1) is 30.4 Å². The number of ether oxygens (including phenoxy) is 2. The predicted octanol–water partition coefficient (Wildman–Crippen LogP) is 6.35. The SMILES string of the molecule is CCCCCCCN(c1ccccc1CCc1ccc(C(=O)O)cc1)S(=O)(=O)c1ccc(OC)c(OC)c1. The van der Waals surface area contributed by atoms with Gasteiger partial charge in [-0.3, -0.25) is 4.31 Å². The summed E-state index contributed by atoms with van der Waals surface area (Å²) in [6, 6.07) is 19.0. The van der Waals surface area contributed by atoms with Crippen LogP contribution in [-0.4, -0.2) is 40.3 Å². The van der Waals surface area contributed by atoms with Crippen LogP contribution in [0.5, 0.6) is 11.5 Å². The summed E-state index contributed by atoms with van der Waals surface area (Å²) in [4.78, 5) is 11.3. The van der Waals surface area contributed by atoms with Crippen LogP contribution in [0.1, 0.15) is 60.5 Å². The van der Waals surface area contributed by atoms with Crippen LogP contribution in [0, 0.1) is 0 Å². The van der Waals surface area contributed by atoms with Crippen LogP contribution in [0.2, 0.25) is 0 Å². The van der Waals surface area contributed by atoms with Gasteiger partial charge in [-0.05, 0) is 60.7 Å². The van der Waals surface area contributed by atoms with Gasteiger partial charge in [0.25, 0.3) is 10.0 Å². The monoisotopic (exact) mass is 539 g/mol. The summed E-state index contributed by atoms with van der Waals surface area (Å²) >= 11 is 0. The highest BCUT2D eigenvalue weighted by molar-refractivity contribution is 7.92. The van der Waals surface area contributed by atoms with Gasteiger partial charge in [-0.1, -0.05) is 62.9 Å². The Labute approximate surface area is 226 Å². The Hall–Kier alpha value is -3.52. The molecule has 7 nitrogen and oxygen atoms in total. The molecule has 0 spiro atoms. The van der Waals surface area contributed by atoms with Crippen molar-refractivity contribution in [1.82, 2.24) is 0 Å². The van der Waals surface area contributed by atoms with Crippen molar-refractivity contribution < 1.29 is 27.8 Å². The summed E-state index contributed by atoms with van der Waals surface area (Å²) in [7, 11) is -0.894. The first kappa shape index (κ1) is 29.0. The number of methoxy groups -OCH3 is 2. The van der Waals surface area contributed by atoms with Gasteiger partial charge in [0, 0.05) is 12.6 Å². The second-order valence-electron chi connectivity index (χ2n) is 9.14. The number of carbonyl (C=O) groups is 1. The lowest BCUT2D eigenvalue weighted by atomic mass is 10.0. The second-order valence-corrected chi connectivity index (χ2v) is 11.0. The summed E-state index contributed by atoms with van der Waals surface area (Å²) in [5.41, 5.74) is 2.79. The number of carboxylic acids is 1. The number of hydrogen-bond acceptors (Lipinski definition) is 5. The number of hydrogen-bond donors (Lipinski definition) is 1. The number of nitrogens with zero attached hydrogens (tertiary/aromatic N) is 1. The molecule has 1 N–H and O–H groups in total. The molecule has 3 aromatic rings. The van der Waals surface area contributed by atoms with Crippen LogP contribution in [0.25, 0.3) is 0 Å². The lowest BCUT2D eigenvalue weighted by Crippen LogP contribution is -2.33. The van der Waals surface area contributed by atoms with Gasteiger partial charge in [-0.15, -0.1) is 0 Å². The predicted molar refractivity (Wildman–Crippen MR) is 150 cm³/mol. The number of anilines is 1. The van der Waals surface area contributed by atoms with Crippen molar-refractivity contribution in [2.75, 3.05) is 25.1 Å². The fourth-order valence-corrected chi connectivity index (χ4v) is 5.95. The van der Waals surface area contributed by atoms with E-state index < -0.39 is 16.0 Å². The average molecular weight is 540 g/mol. The number of aromatic carboxylic acids is 1. The molecule has 0 aliphatic rings. The van der Waals surface area contributed by atoms with Crippen molar-refractivity contribution in [2.24, 2.45) is 0 Å². The van der Waals surface area contributed by atoms with E-state index in [1.807, 2.05) is 24.3 Å². The summed E-state index contributed by atoms with van der Waals surface area (Å²) in [6.45, 7) is 2.52. The first-order valence-electron chi connectivity index (χ1n) is 13.0. The van der Waals surface area contributed by atoms with Gasteiger partial charge in [0.1, 0.15) is 0 Å². The number of sulfonamides is 1. The number of aryl methyl sites for hydroxylation is 2. The molecule has 0 saturated heterocycles. The molecule has 0 aliphatic carbocycles. The lowest BCUT2D eigenvalue weighted by molar-refractivity contribution is 0.0697. The zero-order chi connectivity index (χ0) is 27.5. The van der Waals surface area contributed by atoms with Gasteiger partial charge < -0.3 is 14.6 Å². The van der Waals surface area contributed by atoms with Crippen LogP contribution in [0.15, 0.2) is 71.6 Å². The Kier molecular flexibility index (Phi) is 10.6. The highest BCUT2D eigenvalue weighted by atomic mass is 32.2. The molecule has 3 rings (SSSR count). The smallest absolute Gasteiger partial charge is 0.335 e. The third-order valence-corrected chi connectivity index (χ3v) is 8.36. The molecule has 0 bridgehead atoms. The van der Waals surface area contributed by atoms with Crippen LogP contribution in [0.4, 0.5) is 5.69 Å². The Morgan fingerprint density at radius 2 is 1.53 bits per heavy atom. The van der Waals surface area contributed by atoms with E-state index in [4.69, 9.17) is 14.6 Å². The van der Waals surface area contributed by atoms with Crippen molar-refractivity contribution in [1.29, 1.82) is 0 Å². The van der Waals surface area contributed by atoms with Crippen molar-refractivity contribution in [3.8, 4) is 11.5 Å². The topological polar surface area (TPSA) is 93.1 Å². The van der Waals surface area contributed by atoms with Gasteiger partial charge >= 0.3 is 5.97 Å². The van der Waals surface area contributed by atoms with Crippen LogP contribution in [0.3, 0.4) is 0 Å². The van der Waals surface area contributed by atoms with Crippen molar-refractivity contribution in [2.45, 2.75) is 56.8 Å². The zero-order valence-corrected chi connectivity index (χ0v) is 23.2. The maximum atomic E-state index is 14.0. The molecule has 0 heterocycles. The molecule has 8 heteroatoms. The van der Waals surface area contributed by atoms with E-state index in [0.29, 0.717) is 36.6 Å². The first-order chi connectivity index (χ1) is 18.3. The third kappa shape index (κ3) is 7.28. The first-order valence-corrected chi connectivity index (χ1v) is 14.4. The highest BCUT2D eigenvalue weighted by Gasteiger charge is 2.27. The highest BCUT2D eigenvalue weighted by Crippen LogP contribution is 2.34. The largest absolute Gasteiger partial charge is 0.493 e. The quantitative estimate of drug-likeness (QED) is 0.226. The van der Waals surface area contributed by atoms with E-state index in [-0.39, 0.29) is 10.5 Å². The van der Waals surface area contributed by atoms with Gasteiger partial charge in [-0.2, -0.15) is 0 Å². The molecule has 38 heavy (non-hydrogen) atoms. The molecule has 0 fully saturated rings. The van der Waals surface area contributed by atoms with Gasteiger partial charge in [0.15, 0.2) is 11.5 Å². The maximum Gasteiger partial charge on any atom is 0.335 e. The fraction of sp³-hybridized carbons (Fsp3) is 0.367. The molecule has 0 radical (unpaired) electrons. The molecule has 0 aliphatic heterocycles. The zero-order valence-electron chi connectivity index (χ0n) is 22.4. The molecule has 0 unspecified atom stereocenters. The van der Waals surface area contributed by atoms with Crippen LogP contribution < -0.4 is 13.8 Å². The Morgan fingerprint density at radius 3 is 2.18 bits per heavy atom. The minimum Gasteiger partial charge on any atom is -0.493 e. The molecule has 0 atom stereocenters. The molecule has 3 aromatic carbocycles. The van der Waals surface area contributed by atoms with E-state index in [0.717, 1.165) is 43.2 Å². The van der Waals surface area contributed by atoms with Gasteiger partial charge in [0.2, 0.25) is 0 Å². The number of carboxylic acid groups (broad SMARTS) is 1. The van der Waals surface area contributed by atoms with Crippen molar-refractivity contribution in [3.63, 3.8) is 0 Å². The Morgan fingerprint density at radius 1 is 0.842 bits per heavy atom. The standard InChI is InChI=1S/C30H37NO6S/c1-4-5-6-7-10-21-31(38(34,35)26-19-20-28(36-2)29(22-26)37-3)27-12-9-8-11-24(27)16-13-23-14-17-25(18-15-23)30(32)33/h8-9,11-12,14-15,17-20,22H,4-7,10,13,16,21H2,1-3H3,(H,32,33). The summed E-state index contributed by atoms with van der Waals surface area (Å²) < 4.78 is 40.2. The average Bonchev–Trinajstić information content (AvgIpc) is 2.93. The van der Waals surface area contributed by atoms with E-state index in [1.165, 1.54) is 24.6 Å². The lowest BCUT2D eigenvalue weighted by Gasteiger charge is -2.27. The number of benzene rings is 3. The molecular weight excluding hydrogens is 502 g/mol. The van der Waals surface area contributed by atoms with Gasteiger partial charge in [-0.25, -0.2) is 13.2 Å². The number of rotatable bonds is 15. The van der Waals surface area contributed by atoms with E-state index in [9.17, 15) is 13.2 Å². The number of unbranched alkanes of at least 4 members (excludes halogenated alkanes) is 4. The molecule has 0 aromatic heterocycles. The van der Waals surface area contributed by atoms with E-state index in [1.54, 1.807) is 36.4 Å². The summed E-state index contributed by atoms with van der Waals surface area (Å²) in [6.07, 6.45) is 6.26. The normalized spacial score (nSPS) is 11.2. The van der Waals surface area contributed by atoms with Crippen molar-refractivity contribution >= 4 is 21.7 Å². The number of para-hydroxylation sites is 1. The van der Waals surface area contributed by atoms with Crippen LogP contribution >= 0.6 is 0 Å². The van der Waals surface area contributed by atoms with E-state index >= 15 is 0 Å². The summed E-state index contributed by atoms with van der Waals surface area (Å²) in [5.74, 6) is -0.140. The Bertz CT molecular complexity index is 1300. The van der Waals surface area contributed by atoms with E-state index in [2.05, 4.69) is 6.92 Å². The fourth-order valence-electron chi connectivity index (χ4n) is 4.39.